The molecule has 7 heteroatoms. The Kier molecular flexibility index (Phi) is 5.86. The summed E-state index contributed by atoms with van der Waals surface area (Å²) in [5.74, 6) is 0.758. The maximum Gasteiger partial charge on any atom is 0.269 e. The molecule has 0 unspecified atom stereocenters. The van der Waals surface area contributed by atoms with Crippen molar-refractivity contribution in [1.29, 1.82) is 0 Å². The zero-order valence-electron chi connectivity index (χ0n) is 17.0. The highest BCUT2D eigenvalue weighted by Crippen LogP contribution is 2.40. The Bertz CT molecular complexity index is 1230. The molecule has 4 rings (SSSR count). The summed E-state index contributed by atoms with van der Waals surface area (Å²) in [6, 6.07) is 22.2. The second-order valence-electron chi connectivity index (χ2n) is 6.88. The van der Waals surface area contributed by atoms with Gasteiger partial charge < -0.3 is 4.74 Å². The monoisotopic (exact) mass is 429 g/mol. The quantitative estimate of drug-likeness (QED) is 0.200. The van der Waals surface area contributed by atoms with Gasteiger partial charge in [0.2, 0.25) is 5.13 Å². The van der Waals surface area contributed by atoms with E-state index < -0.39 is 4.92 Å². The van der Waals surface area contributed by atoms with Crippen molar-refractivity contribution in [2.24, 2.45) is 4.99 Å². The number of hydrogen-bond donors (Lipinski definition) is 0. The summed E-state index contributed by atoms with van der Waals surface area (Å²) >= 11 is 1.44. The number of aromatic nitrogens is 1. The molecular weight excluding hydrogens is 410 g/mol. The van der Waals surface area contributed by atoms with Gasteiger partial charge in [0.15, 0.2) is 0 Å². The summed E-state index contributed by atoms with van der Waals surface area (Å²) in [7, 11) is 1.62. The Labute approximate surface area is 183 Å². The first-order valence-corrected chi connectivity index (χ1v) is 10.4. The molecule has 0 radical (unpaired) electrons. The van der Waals surface area contributed by atoms with E-state index >= 15 is 0 Å². The van der Waals surface area contributed by atoms with Crippen molar-refractivity contribution in [3.05, 3.63) is 94.0 Å². The van der Waals surface area contributed by atoms with Gasteiger partial charge in [0, 0.05) is 23.9 Å². The predicted octanol–water partition coefficient (Wildman–Crippen LogP) is 6.45. The Hall–Kier alpha value is -3.84. The third-order valence-electron chi connectivity index (χ3n) is 4.72. The summed E-state index contributed by atoms with van der Waals surface area (Å²) in [5, 5.41) is 11.6. The standard InChI is InChI=1S/C24H19N3O3S/c1-16-3-5-17(6-4-16)15-25-24-26-22(18-9-13-21(30-2)14-10-18)23(31-24)19-7-11-20(12-8-19)27(28)29/h3-15H,1-2H3. The molecule has 0 aliphatic rings. The largest absolute Gasteiger partial charge is 0.497 e. The Morgan fingerprint density at radius 2 is 1.61 bits per heavy atom. The molecule has 0 spiro atoms. The summed E-state index contributed by atoms with van der Waals surface area (Å²) in [4.78, 5) is 20.8. The number of thiazole rings is 1. The topological polar surface area (TPSA) is 77.6 Å². The minimum atomic E-state index is -0.405. The van der Waals surface area contributed by atoms with Gasteiger partial charge in [0.25, 0.3) is 5.69 Å². The minimum absolute atomic E-state index is 0.0527. The summed E-state index contributed by atoms with van der Waals surface area (Å²) < 4.78 is 5.25. The number of nitro groups is 1. The van der Waals surface area contributed by atoms with Crippen LogP contribution in [0, 0.1) is 17.0 Å². The van der Waals surface area contributed by atoms with Crippen LogP contribution in [-0.4, -0.2) is 23.2 Å². The van der Waals surface area contributed by atoms with Gasteiger partial charge in [-0.15, -0.1) is 0 Å². The molecule has 0 saturated heterocycles. The van der Waals surface area contributed by atoms with Crippen LogP contribution in [0.1, 0.15) is 11.1 Å². The maximum absolute atomic E-state index is 11.0. The maximum atomic E-state index is 11.0. The van der Waals surface area contributed by atoms with E-state index in [1.54, 1.807) is 25.5 Å². The lowest BCUT2D eigenvalue weighted by Gasteiger charge is -2.04. The molecule has 0 bridgehead atoms. The van der Waals surface area contributed by atoms with Gasteiger partial charge in [-0.05, 0) is 54.4 Å². The van der Waals surface area contributed by atoms with Gasteiger partial charge in [0.1, 0.15) is 5.75 Å². The van der Waals surface area contributed by atoms with E-state index in [2.05, 4.69) is 4.99 Å². The number of ether oxygens (including phenoxy) is 1. The van der Waals surface area contributed by atoms with Gasteiger partial charge in [0.05, 0.1) is 22.6 Å². The number of nitrogens with zero attached hydrogens (tertiary/aromatic N) is 3. The molecule has 0 fully saturated rings. The first-order valence-electron chi connectivity index (χ1n) is 9.54. The van der Waals surface area contributed by atoms with Crippen LogP contribution in [0.4, 0.5) is 10.8 Å². The number of aryl methyl sites for hydroxylation is 1. The van der Waals surface area contributed by atoms with Crippen LogP contribution in [0.25, 0.3) is 21.7 Å². The predicted molar refractivity (Wildman–Crippen MR) is 125 cm³/mol. The van der Waals surface area contributed by atoms with Gasteiger partial charge in [-0.25, -0.2) is 9.98 Å². The number of rotatable bonds is 6. The summed E-state index contributed by atoms with van der Waals surface area (Å²) in [6.07, 6.45) is 1.79. The number of aliphatic imine (C=N–C) groups is 1. The highest BCUT2D eigenvalue weighted by molar-refractivity contribution is 7.19. The van der Waals surface area contributed by atoms with Crippen molar-refractivity contribution in [2.75, 3.05) is 7.11 Å². The van der Waals surface area contributed by atoms with Crippen LogP contribution < -0.4 is 4.74 Å². The fourth-order valence-corrected chi connectivity index (χ4v) is 3.96. The number of methoxy groups -OCH3 is 1. The molecule has 154 valence electrons. The number of nitro benzene ring substituents is 1. The van der Waals surface area contributed by atoms with E-state index in [0.717, 1.165) is 33.0 Å². The number of hydrogen-bond acceptors (Lipinski definition) is 6. The molecule has 0 aliphatic heterocycles. The first-order chi connectivity index (χ1) is 15.0. The van der Waals surface area contributed by atoms with Crippen LogP contribution in [0.2, 0.25) is 0 Å². The van der Waals surface area contributed by atoms with Crippen LogP contribution >= 0.6 is 11.3 Å². The summed E-state index contributed by atoms with van der Waals surface area (Å²) in [5.41, 5.74) is 4.78. The highest BCUT2D eigenvalue weighted by atomic mass is 32.1. The lowest BCUT2D eigenvalue weighted by Crippen LogP contribution is -1.88. The number of benzene rings is 3. The van der Waals surface area contributed by atoms with Gasteiger partial charge >= 0.3 is 0 Å². The van der Waals surface area contributed by atoms with Crippen LogP contribution in [0.3, 0.4) is 0 Å². The minimum Gasteiger partial charge on any atom is -0.497 e. The van der Waals surface area contributed by atoms with Crippen molar-refractivity contribution >= 4 is 28.4 Å². The molecule has 0 aliphatic carbocycles. The smallest absolute Gasteiger partial charge is 0.269 e. The average molecular weight is 430 g/mol. The van der Waals surface area contributed by atoms with Crippen molar-refractivity contribution in [3.8, 4) is 27.4 Å². The lowest BCUT2D eigenvalue weighted by molar-refractivity contribution is -0.384. The highest BCUT2D eigenvalue weighted by Gasteiger charge is 2.16. The molecule has 1 aromatic heterocycles. The summed E-state index contributed by atoms with van der Waals surface area (Å²) in [6.45, 7) is 2.04. The zero-order valence-corrected chi connectivity index (χ0v) is 17.8. The van der Waals surface area contributed by atoms with Crippen LogP contribution in [0.5, 0.6) is 5.75 Å². The molecule has 1 heterocycles. The van der Waals surface area contributed by atoms with Gasteiger partial charge in [-0.2, -0.15) is 0 Å². The second-order valence-corrected chi connectivity index (χ2v) is 7.85. The molecule has 0 saturated carbocycles. The SMILES string of the molecule is COc1ccc(-c2nc(N=Cc3ccc(C)cc3)sc2-c2ccc([N+](=O)[O-])cc2)cc1. The molecule has 3 aromatic carbocycles. The second kappa shape index (κ2) is 8.89. The third kappa shape index (κ3) is 4.67. The van der Waals surface area contributed by atoms with Crippen molar-refractivity contribution < 1.29 is 9.66 Å². The Balaban J connectivity index is 1.75. The normalized spacial score (nSPS) is 11.0. The lowest BCUT2D eigenvalue weighted by atomic mass is 10.1. The third-order valence-corrected chi connectivity index (χ3v) is 5.73. The number of non-ortho nitro benzene ring substituents is 1. The fourth-order valence-electron chi connectivity index (χ4n) is 3.02. The molecule has 4 aromatic rings. The van der Waals surface area contributed by atoms with Crippen LogP contribution in [-0.2, 0) is 0 Å². The van der Waals surface area contributed by atoms with Crippen LogP contribution in [0.15, 0.2) is 77.8 Å². The zero-order chi connectivity index (χ0) is 21.8. The fraction of sp³-hybridized carbons (Fsp3) is 0.0833. The van der Waals surface area contributed by atoms with E-state index in [1.807, 2.05) is 55.5 Å². The van der Waals surface area contributed by atoms with Gasteiger partial charge in [-0.1, -0.05) is 41.2 Å². The van der Waals surface area contributed by atoms with E-state index in [9.17, 15) is 10.1 Å². The van der Waals surface area contributed by atoms with Gasteiger partial charge in [-0.3, -0.25) is 10.1 Å². The van der Waals surface area contributed by atoms with Crippen molar-refractivity contribution in [3.63, 3.8) is 0 Å². The molecule has 6 nitrogen and oxygen atoms in total. The molecular formula is C24H19N3O3S. The van der Waals surface area contributed by atoms with E-state index in [-0.39, 0.29) is 5.69 Å². The van der Waals surface area contributed by atoms with Crippen molar-refractivity contribution in [2.45, 2.75) is 6.92 Å². The first kappa shape index (κ1) is 20.4. The molecule has 31 heavy (non-hydrogen) atoms. The van der Waals surface area contributed by atoms with E-state index in [0.29, 0.717) is 5.13 Å². The van der Waals surface area contributed by atoms with E-state index in [1.165, 1.54) is 29.0 Å². The molecule has 0 N–H and O–H groups in total. The Morgan fingerprint density at radius 1 is 0.968 bits per heavy atom. The van der Waals surface area contributed by atoms with E-state index in [4.69, 9.17) is 9.72 Å². The Morgan fingerprint density at radius 3 is 2.23 bits per heavy atom. The molecule has 0 atom stereocenters. The molecule has 0 amide bonds. The van der Waals surface area contributed by atoms with Crippen molar-refractivity contribution in [1.82, 2.24) is 4.98 Å². The average Bonchev–Trinajstić information content (AvgIpc) is 3.23.